The first-order chi connectivity index (χ1) is 9.78. The summed E-state index contributed by atoms with van der Waals surface area (Å²) in [6, 6.07) is 12.1. The normalized spacial score (nSPS) is 10.8. The van der Waals surface area contributed by atoms with Gasteiger partial charge in [0.15, 0.2) is 17.7 Å². The van der Waals surface area contributed by atoms with Gasteiger partial charge in [0, 0.05) is 18.2 Å². The van der Waals surface area contributed by atoms with Gasteiger partial charge in [-0.1, -0.05) is 6.07 Å². The van der Waals surface area contributed by atoms with Crippen LogP contribution in [-0.2, 0) is 6.54 Å². The fraction of sp³-hybridized carbons (Fsp3) is 0.235. The predicted octanol–water partition coefficient (Wildman–Crippen LogP) is 3.18. The summed E-state index contributed by atoms with van der Waals surface area (Å²) in [5, 5.41) is 0. The summed E-state index contributed by atoms with van der Waals surface area (Å²) in [6.07, 6.45) is 6.25. The van der Waals surface area contributed by atoms with Gasteiger partial charge in [-0.15, -0.1) is 0 Å². The molecule has 0 aliphatic heterocycles. The number of benzene rings is 1. The molecule has 0 amide bonds. The number of aromatic nitrogens is 1. The van der Waals surface area contributed by atoms with Crippen LogP contribution in [0.3, 0.4) is 0 Å². The maximum absolute atomic E-state index is 5.31. The Morgan fingerprint density at radius 3 is 2.50 bits per heavy atom. The van der Waals surface area contributed by atoms with E-state index in [4.69, 9.17) is 9.47 Å². The van der Waals surface area contributed by atoms with Crippen molar-refractivity contribution in [2.45, 2.75) is 13.5 Å². The average molecular weight is 270 g/mol. The molecule has 2 rings (SSSR count). The summed E-state index contributed by atoms with van der Waals surface area (Å²) in [5.41, 5.74) is 2.25. The van der Waals surface area contributed by atoms with Crippen LogP contribution in [0, 0.1) is 0 Å². The van der Waals surface area contributed by atoms with Crippen LogP contribution in [-0.4, -0.2) is 14.2 Å². The standard InChI is InChI=1S/C17H20NO2/c1-4-18-12-6-5-7-15(18)10-8-14-9-11-16(19-2)17(13-14)20-3/h5-13H,4H2,1-3H3/q+1. The molecule has 0 unspecified atom stereocenters. The fourth-order valence-electron chi connectivity index (χ4n) is 2.07. The molecule has 104 valence electrons. The highest BCUT2D eigenvalue weighted by Crippen LogP contribution is 2.28. The molecular weight excluding hydrogens is 250 g/mol. The zero-order valence-electron chi connectivity index (χ0n) is 12.2. The molecule has 0 radical (unpaired) electrons. The molecule has 1 heterocycles. The Morgan fingerprint density at radius 2 is 1.80 bits per heavy atom. The van der Waals surface area contributed by atoms with E-state index in [9.17, 15) is 0 Å². The first-order valence-corrected chi connectivity index (χ1v) is 6.67. The number of hydrogen-bond donors (Lipinski definition) is 0. The van der Waals surface area contributed by atoms with Gasteiger partial charge in [0.2, 0.25) is 5.69 Å². The molecule has 0 N–H and O–H groups in total. The van der Waals surface area contributed by atoms with Gasteiger partial charge >= 0.3 is 0 Å². The lowest BCUT2D eigenvalue weighted by Crippen LogP contribution is -2.34. The maximum atomic E-state index is 5.31. The predicted molar refractivity (Wildman–Crippen MR) is 80.8 cm³/mol. The van der Waals surface area contributed by atoms with E-state index in [-0.39, 0.29) is 0 Å². The van der Waals surface area contributed by atoms with Crippen LogP contribution in [0.5, 0.6) is 11.5 Å². The van der Waals surface area contributed by atoms with Crippen LogP contribution in [0.25, 0.3) is 12.2 Å². The highest BCUT2D eigenvalue weighted by molar-refractivity contribution is 5.68. The van der Waals surface area contributed by atoms with Gasteiger partial charge < -0.3 is 9.47 Å². The molecule has 0 aliphatic carbocycles. The molecule has 0 aliphatic rings. The molecule has 1 aromatic carbocycles. The lowest BCUT2D eigenvalue weighted by molar-refractivity contribution is -0.695. The van der Waals surface area contributed by atoms with E-state index in [2.05, 4.69) is 35.9 Å². The number of ether oxygens (including phenoxy) is 2. The van der Waals surface area contributed by atoms with Crippen LogP contribution in [0.1, 0.15) is 18.2 Å². The Morgan fingerprint density at radius 1 is 1.00 bits per heavy atom. The molecule has 20 heavy (non-hydrogen) atoms. The minimum Gasteiger partial charge on any atom is -0.493 e. The van der Waals surface area contributed by atoms with Crippen molar-refractivity contribution in [3.8, 4) is 11.5 Å². The van der Waals surface area contributed by atoms with Crippen molar-refractivity contribution in [3.05, 3.63) is 53.9 Å². The molecule has 0 saturated heterocycles. The summed E-state index contributed by atoms with van der Waals surface area (Å²) < 4.78 is 12.7. The summed E-state index contributed by atoms with van der Waals surface area (Å²) in [6.45, 7) is 3.08. The van der Waals surface area contributed by atoms with Gasteiger partial charge in [-0.05, 0) is 36.8 Å². The molecule has 0 saturated carbocycles. The third-order valence-corrected chi connectivity index (χ3v) is 3.17. The van der Waals surface area contributed by atoms with E-state index >= 15 is 0 Å². The average Bonchev–Trinajstić information content (AvgIpc) is 2.52. The largest absolute Gasteiger partial charge is 0.493 e. The quantitative estimate of drug-likeness (QED) is 0.779. The minimum absolute atomic E-state index is 0.742. The zero-order valence-corrected chi connectivity index (χ0v) is 12.2. The first kappa shape index (κ1) is 14.1. The third kappa shape index (κ3) is 3.18. The highest BCUT2D eigenvalue weighted by Gasteiger charge is 2.05. The maximum Gasteiger partial charge on any atom is 0.205 e. The van der Waals surface area contributed by atoms with Gasteiger partial charge in [-0.3, -0.25) is 0 Å². The highest BCUT2D eigenvalue weighted by atomic mass is 16.5. The van der Waals surface area contributed by atoms with Crippen LogP contribution in [0.4, 0.5) is 0 Å². The molecular formula is C17H20NO2+. The van der Waals surface area contributed by atoms with Crippen molar-refractivity contribution in [3.63, 3.8) is 0 Å². The third-order valence-electron chi connectivity index (χ3n) is 3.17. The van der Waals surface area contributed by atoms with Gasteiger partial charge in [0.05, 0.1) is 14.2 Å². The Balaban J connectivity index is 2.27. The number of aryl methyl sites for hydroxylation is 1. The second-order valence-corrected chi connectivity index (χ2v) is 4.36. The minimum atomic E-state index is 0.742. The Labute approximate surface area is 120 Å². The molecule has 0 fully saturated rings. The topological polar surface area (TPSA) is 22.3 Å². The summed E-state index contributed by atoms with van der Waals surface area (Å²) >= 11 is 0. The Kier molecular flexibility index (Phi) is 4.77. The van der Waals surface area contributed by atoms with Crippen molar-refractivity contribution in [2.75, 3.05) is 14.2 Å². The molecule has 3 nitrogen and oxygen atoms in total. The number of nitrogens with zero attached hydrogens (tertiary/aromatic N) is 1. The van der Waals surface area contributed by atoms with Crippen molar-refractivity contribution in [2.24, 2.45) is 0 Å². The fourth-order valence-corrected chi connectivity index (χ4v) is 2.07. The van der Waals surface area contributed by atoms with Gasteiger partial charge in [-0.25, -0.2) is 0 Å². The number of hydrogen-bond acceptors (Lipinski definition) is 2. The number of pyridine rings is 1. The lowest BCUT2D eigenvalue weighted by atomic mass is 10.1. The lowest BCUT2D eigenvalue weighted by Gasteiger charge is -2.07. The van der Waals surface area contributed by atoms with Gasteiger partial charge in [-0.2, -0.15) is 4.57 Å². The molecule has 0 atom stereocenters. The number of methoxy groups -OCH3 is 2. The molecule has 0 bridgehead atoms. The summed E-state index contributed by atoms with van der Waals surface area (Å²) in [4.78, 5) is 0. The second kappa shape index (κ2) is 6.75. The van der Waals surface area contributed by atoms with Crippen molar-refractivity contribution < 1.29 is 14.0 Å². The molecule has 0 spiro atoms. The van der Waals surface area contributed by atoms with Crippen LogP contribution >= 0.6 is 0 Å². The van der Waals surface area contributed by atoms with E-state index in [1.54, 1.807) is 14.2 Å². The zero-order chi connectivity index (χ0) is 14.4. The second-order valence-electron chi connectivity index (χ2n) is 4.36. The van der Waals surface area contributed by atoms with E-state index in [1.807, 2.05) is 30.3 Å². The first-order valence-electron chi connectivity index (χ1n) is 6.67. The van der Waals surface area contributed by atoms with Crippen molar-refractivity contribution >= 4 is 12.2 Å². The SMILES string of the molecule is CC[n+]1ccccc1C=Cc1ccc(OC)c(OC)c1. The number of rotatable bonds is 5. The van der Waals surface area contributed by atoms with Crippen molar-refractivity contribution in [1.29, 1.82) is 0 Å². The molecule has 2 aromatic rings. The van der Waals surface area contributed by atoms with Crippen LogP contribution in [0.2, 0.25) is 0 Å². The van der Waals surface area contributed by atoms with E-state index in [1.165, 1.54) is 5.69 Å². The van der Waals surface area contributed by atoms with E-state index in [0.29, 0.717) is 0 Å². The van der Waals surface area contributed by atoms with E-state index in [0.717, 1.165) is 23.6 Å². The van der Waals surface area contributed by atoms with E-state index < -0.39 is 0 Å². The Bertz CT molecular complexity index is 606. The monoisotopic (exact) mass is 270 g/mol. The van der Waals surface area contributed by atoms with Crippen LogP contribution < -0.4 is 14.0 Å². The Hall–Kier alpha value is -2.29. The molecule has 1 aromatic heterocycles. The van der Waals surface area contributed by atoms with Gasteiger partial charge in [0.25, 0.3) is 0 Å². The van der Waals surface area contributed by atoms with Gasteiger partial charge in [0.1, 0.15) is 6.54 Å². The van der Waals surface area contributed by atoms with Crippen LogP contribution in [0.15, 0.2) is 42.6 Å². The van der Waals surface area contributed by atoms with Crippen molar-refractivity contribution in [1.82, 2.24) is 0 Å². The summed E-state index contributed by atoms with van der Waals surface area (Å²) in [5.74, 6) is 1.49. The smallest absolute Gasteiger partial charge is 0.205 e. The molecule has 3 heteroatoms. The summed E-state index contributed by atoms with van der Waals surface area (Å²) in [7, 11) is 3.29.